The van der Waals surface area contributed by atoms with Gasteiger partial charge in [-0.25, -0.2) is 9.97 Å². The lowest BCUT2D eigenvalue weighted by atomic mass is 9.76. The fraction of sp³-hybridized carbons (Fsp3) is 0.474. The molecule has 0 atom stereocenters. The maximum absolute atomic E-state index is 6.01. The van der Waals surface area contributed by atoms with E-state index in [2.05, 4.69) is 44.6 Å². The number of hydrogen-bond acceptors (Lipinski definition) is 3. The van der Waals surface area contributed by atoms with Gasteiger partial charge in [0.15, 0.2) is 5.82 Å². The molecule has 0 aliphatic heterocycles. The van der Waals surface area contributed by atoms with Crippen LogP contribution < -0.4 is 5.46 Å². The van der Waals surface area contributed by atoms with E-state index in [0.29, 0.717) is 0 Å². The minimum atomic E-state index is -0.234. The number of hydrogen-bond donors (Lipinski definition) is 0. The zero-order chi connectivity index (χ0) is 17.3. The van der Waals surface area contributed by atoms with Crippen LogP contribution in [0.2, 0.25) is 0 Å². The van der Waals surface area contributed by atoms with Gasteiger partial charge in [-0.05, 0) is 39.2 Å². The molecule has 23 heavy (non-hydrogen) atoms. The highest BCUT2D eigenvalue weighted by atomic mass is 16.5. The Morgan fingerprint density at radius 3 is 1.87 bits per heavy atom. The molecule has 2 aromatic rings. The van der Waals surface area contributed by atoms with Crippen LogP contribution in [0.25, 0.3) is 11.4 Å². The van der Waals surface area contributed by atoms with Crippen LogP contribution in [0.1, 0.15) is 46.0 Å². The van der Waals surface area contributed by atoms with Crippen LogP contribution in [-0.4, -0.2) is 23.1 Å². The first-order chi connectivity index (χ1) is 10.6. The van der Waals surface area contributed by atoms with Crippen LogP contribution in [0.4, 0.5) is 0 Å². The molecule has 0 N–H and O–H groups in total. The summed E-state index contributed by atoms with van der Waals surface area (Å²) in [7, 11) is 1.83. The second-order valence-corrected chi connectivity index (χ2v) is 7.59. The number of nitrogens with zero attached hydrogens (tertiary/aromatic N) is 2. The highest BCUT2D eigenvalue weighted by molar-refractivity contribution is 6.47. The van der Waals surface area contributed by atoms with Gasteiger partial charge >= 0.3 is 7.48 Å². The Balaban J connectivity index is 2.11. The molecule has 3 nitrogen and oxygen atoms in total. The van der Waals surface area contributed by atoms with Crippen molar-refractivity contribution in [2.45, 2.75) is 54.1 Å². The van der Waals surface area contributed by atoms with Crippen molar-refractivity contribution >= 4 is 12.9 Å². The average molecular weight is 309 g/mol. The summed E-state index contributed by atoms with van der Waals surface area (Å²) in [6.07, 6.45) is 0. The van der Waals surface area contributed by atoms with Gasteiger partial charge in [-0.15, -0.1) is 0 Å². The molecule has 121 valence electrons. The predicted octanol–water partition coefficient (Wildman–Crippen LogP) is 3.85. The Labute approximate surface area is 140 Å². The van der Waals surface area contributed by atoms with Crippen LogP contribution in [0, 0.1) is 19.3 Å². The second-order valence-electron chi connectivity index (χ2n) is 7.59. The molecule has 0 unspecified atom stereocenters. The van der Waals surface area contributed by atoms with E-state index in [4.69, 9.17) is 4.65 Å². The van der Waals surface area contributed by atoms with Crippen molar-refractivity contribution < 1.29 is 4.65 Å². The number of rotatable bonds is 4. The molecule has 0 saturated carbocycles. The highest BCUT2D eigenvalue weighted by Crippen LogP contribution is 2.32. The van der Waals surface area contributed by atoms with Crippen molar-refractivity contribution in [1.29, 1.82) is 0 Å². The van der Waals surface area contributed by atoms with E-state index in [9.17, 15) is 0 Å². The Morgan fingerprint density at radius 1 is 0.870 bits per heavy atom. The zero-order valence-corrected chi connectivity index (χ0v) is 15.3. The van der Waals surface area contributed by atoms with Crippen molar-refractivity contribution in [3.63, 3.8) is 0 Å². The molecule has 0 bridgehead atoms. The lowest BCUT2D eigenvalue weighted by molar-refractivity contribution is 0.00504. The number of aromatic nitrogens is 2. The van der Waals surface area contributed by atoms with E-state index in [1.807, 2.05) is 51.7 Å². The first kappa shape index (κ1) is 17.7. The van der Waals surface area contributed by atoms with Gasteiger partial charge in [-0.2, -0.15) is 0 Å². The Hall–Kier alpha value is -1.68. The van der Waals surface area contributed by atoms with Crippen LogP contribution in [-0.2, 0) is 4.65 Å². The molecule has 2 rings (SSSR count). The van der Waals surface area contributed by atoms with Gasteiger partial charge < -0.3 is 4.65 Å². The van der Waals surface area contributed by atoms with Crippen molar-refractivity contribution in [2.24, 2.45) is 5.41 Å². The summed E-state index contributed by atoms with van der Waals surface area (Å²) in [5.41, 5.74) is 3.86. The van der Waals surface area contributed by atoms with Gasteiger partial charge in [0.25, 0.3) is 0 Å². The first-order valence-corrected chi connectivity index (χ1v) is 8.02. The molecule has 1 aromatic heterocycles. The monoisotopic (exact) mass is 309 g/mol. The molecule has 0 aliphatic rings. The summed E-state index contributed by atoms with van der Waals surface area (Å²) in [5, 5.41) is 0. The zero-order valence-electron chi connectivity index (χ0n) is 15.3. The molecule has 0 aliphatic carbocycles. The third-order valence-electron chi connectivity index (χ3n) is 4.45. The van der Waals surface area contributed by atoms with E-state index < -0.39 is 0 Å². The van der Waals surface area contributed by atoms with E-state index in [-0.39, 0.29) is 11.0 Å². The minimum Gasteiger partial charge on any atom is -0.429 e. The summed E-state index contributed by atoms with van der Waals surface area (Å²) >= 11 is 0. The SMILES string of the molecule is Cc1cc(C)nc(-c2ccc([B]OC(C)(C)C(C)(C)C)cc2)n1. The van der Waals surface area contributed by atoms with Gasteiger partial charge in [-0.1, -0.05) is 50.5 Å². The normalized spacial score (nSPS) is 12.3. The molecule has 0 spiro atoms. The lowest BCUT2D eigenvalue weighted by Gasteiger charge is -2.39. The number of benzene rings is 1. The van der Waals surface area contributed by atoms with Crippen LogP contribution in [0.3, 0.4) is 0 Å². The topological polar surface area (TPSA) is 35.0 Å². The maximum Gasteiger partial charge on any atom is 0.330 e. The van der Waals surface area contributed by atoms with Crippen molar-refractivity contribution in [3.8, 4) is 11.4 Å². The average Bonchev–Trinajstić information content (AvgIpc) is 2.43. The molecular weight excluding hydrogens is 283 g/mol. The molecule has 1 radical (unpaired) electrons. The largest absolute Gasteiger partial charge is 0.429 e. The fourth-order valence-corrected chi connectivity index (χ4v) is 1.96. The molecule has 0 amide bonds. The van der Waals surface area contributed by atoms with Gasteiger partial charge in [0, 0.05) is 17.0 Å². The van der Waals surface area contributed by atoms with Crippen LogP contribution in [0.5, 0.6) is 0 Å². The van der Waals surface area contributed by atoms with Gasteiger partial charge in [-0.3, -0.25) is 0 Å². The van der Waals surface area contributed by atoms with Crippen LogP contribution in [0.15, 0.2) is 30.3 Å². The van der Waals surface area contributed by atoms with Crippen molar-refractivity contribution in [3.05, 3.63) is 41.7 Å². The Kier molecular flexibility index (Phi) is 4.95. The van der Waals surface area contributed by atoms with Gasteiger partial charge in [0.1, 0.15) is 0 Å². The summed E-state index contributed by atoms with van der Waals surface area (Å²) in [6.45, 7) is 14.7. The molecular formula is C19H26BN2O. The Morgan fingerprint density at radius 2 is 1.39 bits per heavy atom. The Bertz CT molecular complexity index is 653. The predicted molar refractivity (Wildman–Crippen MR) is 96.9 cm³/mol. The van der Waals surface area contributed by atoms with Crippen molar-refractivity contribution in [2.75, 3.05) is 0 Å². The third-order valence-corrected chi connectivity index (χ3v) is 4.45. The summed E-state index contributed by atoms with van der Waals surface area (Å²) in [5.74, 6) is 0.769. The summed E-state index contributed by atoms with van der Waals surface area (Å²) in [6, 6.07) is 10.1. The van der Waals surface area contributed by atoms with E-state index in [1.165, 1.54) is 0 Å². The summed E-state index contributed by atoms with van der Waals surface area (Å²) < 4.78 is 6.01. The fourth-order valence-electron chi connectivity index (χ4n) is 1.96. The standard InChI is InChI=1S/C19H26BN2O/c1-13-12-14(2)22-17(21-13)15-8-10-16(11-9-15)20-23-19(6,7)18(3,4)5/h8-12H,1-7H3. The molecule has 1 heterocycles. The molecule has 0 saturated heterocycles. The molecule has 1 aromatic carbocycles. The van der Waals surface area contributed by atoms with Gasteiger partial charge in [0.05, 0.1) is 5.60 Å². The smallest absolute Gasteiger partial charge is 0.330 e. The molecule has 4 heteroatoms. The van der Waals surface area contributed by atoms with E-state index in [0.717, 1.165) is 28.2 Å². The highest BCUT2D eigenvalue weighted by Gasteiger charge is 2.33. The minimum absolute atomic E-state index is 0.0658. The lowest BCUT2D eigenvalue weighted by Crippen LogP contribution is -2.42. The second kappa shape index (κ2) is 6.44. The third kappa shape index (κ3) is 4.41. The quantitative estimate of drug-likeness (QED) is 0.805. The van der Waals surface area contributed by atoms with Gasteiger partial charge in [0.2, 0.25) is 0 Å². The van der Waals surface area contributed by atoms with Crippen LogP contribution >= 0.6 is 0 Å². The van der Waals surface area contributed by atoms with E-state index >= 15 is 0 Å². The maximum atomic E-state index is 6.01. The van der Waals surface area contributed by atoms with Crippen molar-refractivity contribution in [1.82, 2.24) is 9.97 Å². The van der Waals surface area contributed by atoms with E-state index in [1.54, 1.807) is 0 Å². The molecule has 0 fully saturated rings. The first-order valence-electron chi connectivity index (χ1n) is 8.02. The summed E-state index contributed by atoms with van der Waals surface area (Å²) in [4.78, 5) is 9.00. The number of aryl methyl sites for hydroxylation is 2.